The Morgan fingerprint density at radius 3 is 2.45 bits per heavy atom. The van der Waals surface area contributed by atoms with Gasteiger partial charge < -0.3 is 0 Å². The minimum absolute atomic E-state index is 0.246. The predicted molar refractivity (Wildman–Crippen MR) is 117 cm³/mol. The molecule has 5 unspecified atom stereocenters. The van der Waals surface area contributed by atoms with E-state index < -0.39 is 0 Å². The molecule has 0 heterocycles. The van der Waals surface area contributed by atoms with E-state index in [9.17, 15) is 4.39 Å². The van der Waals surface area contributed by atoms with Crippen molar-refractivity contribution in [3.05, 3.63) is 46.5 Å². The largest absolute Gasteiger partial charge is 0.207 e. The number of halogens is 2. The lowest BCUT2D eigenvalue weighted by molar-refractivity contribution is 0.0706. The molecule has 160 valence electrons. The van der Waals surface area contributed by atoms with Gasteiger partial charge in [0.15, 0.2) is 0 Å². The Kier molecular flexibility index (Phi) is 6.76. The second kappa shape index (κ2) is 9.31. The first-order valence-electron chi connectivity index (χ1n) is 12.2. The summed E-state index contributed by atoms with van der Waals surface area (Å²) in [5.74, 6) is 3.65. The summed E-state index contributed by atoms with van der Waals surface area (Å²) in [6.07, 6.45) is 17.6. The van der Waals surface area contributed by atoms with Gasteiger partial charge in [0.05, 0.1) is 0 Å². The zero-order valence-electron chi connectivity index (χ0n) is 18.4. The molecule has 1 aromatic carbocycles. The van der Waals surface area contributed by atoms with E-state index in [-0.39, 0.29) is 11.6 Å². The molecule has 5 atom stereocenters. The third-order valence-corrected chi connectivity index (χ3v) is 8.56. The zero-order valence-corrected chi connectivity index (χ0v) is 18.4. The average Bonchev–Trinajstić information content (AvgIpc) is 2.75. The highest BCUT2D eigenvalue weighted by Crippen LogP contribution is 2.49. The van der Waals surface area contributed by atoms with E-state index in [1.54, 1.807) is 6.07 Å². The highest BCUT2D eigenvalue weighted by Gasteiger charge is 2.38. The van der Waals surface area contributed by atoms with Crippen molar-refractivity contribution < 1.29 is 8.78 Å². The SMILES string of the molecule is C/C=C/CCc1c(F)cc2c(c1F)CCC(C1CCC3CC(CC)CCC3C1)C2. The summed E-state index contributed by atoms with van der Waals surface area (Å²) in [6.45, 7) is 4.29. The van der Waals surface area contributed by atoms with Gasteiger partial charge in [-0.2, -0.15) is 0 Å². The van der Waals surface area contributed by atoms with E-state index >= 15 is 4.39 Å². The number of fused-ring (bicyclic) bond motifs is 2. The van der Waals surface area contributed by atoms with Gasteiger partial charge in [-0.25, -0.2) is 8.78 Å². The van der Waals surface area contributed by atoms with Gasteiger partial charge in [0, 0.05) is 5.56 Å². The number of benzene rings is 1. The quantitative estimate of drug-likeness (QED) is 0.442. The molecule has 2 saturated carbocycles. The number of rotatable bonds is 5. The summed E-state index contributed by atoms with van der Waals surface area (Å²) in [4.78, 5) is 0. The van der Waals surface area contributed by atoms with Gasteiger partial charge in [0.2, 0.25) is 0 Å². The molecule has 0 aromatic heterocycles. The summed E-state index contributed by atoms with van der Waals surface area (Å²) in [6, 6.07) is 1.67. The smallest absolute Gasteiger partial charge is 0.132 e. The van der Waals surface area contributed by atoms with E-state index in [2.05, 4.69) is 6.92 Å². The van der Waals surface area contributed by atoms with Crippen LogP contribution in [0.3, 0.4) is 0 Å². The monoisotopic (exact) mass is 400 g/mol. The molecular weight excluding hydrogens is 362 g/mol. The van der Waals surface area contributed by atoms with Gasteiger partial charge in [-0.15, -0.1) is 0 Å². The lowest BCUT2D eigenvalue weighted by atomic mass is 9.61. The maximum absolute atomic E-state index is 15.0. The molecule has 0 saturated heterocycles. The Labute approximate surface area is 176 Å². The minimum Gasteiger partial charge on any atom is -0.207 e. The Balaban J connectivity index is 1.43. The molecule has 3 aliphatic carbocycles. The fourth-order valence-electron chi connectivity index (χ4n) is 6.77. The van der Waals surface area contributed by atoms with Crippen LogP contribution in [0.4, 0.5) is 8.78 Å². The maximum Gasteiger partial charge on any atom is 0.132 e. The van der Waals surface area contributed by atoms with Crippen LogP contribution in [0.15, 0.2) is 18.2 Å². The van der Waals surface area contributed by atoms with Gasteiger partial charge in [-0.1, -0.05) is 31.9 Å². The van der Waals surface area contributed by atoms with Crippen LogP contribution in [0.5, 0.6) is 0 Å². The molecule has 0 spiro atoms. The fourth-order valence-corrected chi connectivity index (χ4v) is 6.77. The molecule has 1 aromatic rings. The summed E-state index contributed by atoms with van der Waals surface area (Å²) in [7, 11) is 0. The van der Waals surface area contributed by atoms with Crippen molar-refractivity contribution in [3.63, 3.8) is 0 Å². The van der Waals surface area contributed by atoms with Crippen LogP contribution in [0.1, 0.15) is 88.3 Å². The Hall–Kier alpha value is -1.18. The standard InChI is InChI=1S/C27H38F2/c1-3-5-6-7-25-26(28)17-23-16-22(12-13-24(23)27(25)29)21-11-10-19-14-18(4-2)8-9-20(19)15-21/h3,5,17-22H,4,6-16H2,1-2H3/b5-3+. The Morgan fingerprint density at radius 1 is 0.966 bits per heavy atom. The van der Waals surface area contributed by atoms with E-state index in [4.69, 9.17) is 0 Å². The lowest BCUT2D eigenvalue weighted by Gasteiger charge is -2.45. The second-order valence-corrected chi connectivity index (χ2v) is 10.1. The number of hydrogen-bond acceptors (Lipinski definition) is 0. The molecule has 0 nitrogen and oxygen atoms in total. The molecule has 4 rings (SSSR count). The van der Waals surface area contributed by atoms with Crippen LogP contribution >= 0.6 is 0 Å². The van der Waals surface area contributed by atoms with Crippen LogP contribution in [-0.4, -0.2) is 0 Å². The summed E-state index contributed by atoms with van der Waals surface area (Å²) in [5, 5.41) is 0. The third-order valence-electron chi connectivity index (χ3n) is 8.56. The second-order valence-electron chi connectivity index (χ2n) is 10.1. The average molecular weight is 401 g/mol. The van der Waals surface area contributed by atoms with Gasteiger partial charge in [-0.3, -0.25) is 0 Å². The highest BCUT2D eigenvalue weighted by atomic mass is 19.1. The van der Waals surface area contributed by atoms with Crippen LogP contribution in [0, 0.1) is 41.2 Å². The van der Waals surface area contributed by atoms with Gasteiger partial charge >= 0.3 is 0 Å². The molecule has 0 radical (unpaired) electrons. The molecule has 2 fully saturated rings. The van der Waals surface area contributed by atoms with E-state index in [0.717, 1.165) is 54.1 Å². The first-order chi connectivity index (χ1) is 14.1. The molecular formula is C27H38F2. The predicted octanol–water partition coefficient (Wildman–Crippen LogP) is 7.82. The zero-order chi connectivity index (χ0) is 20.4. The van der Waals surface area contributed by atoms with Crippen LogP contribution < -0.4 is 0 Å². The first kappa shape index (κ1) is 21.1. The fraction of sp³-hybridized carbons (Fsp3) is 0.704. The first-order valence-corrected chi connectivity index (χ1v) is 12.2. The summed E-state index contributed by atoms with van der Waals surface area (Å²) < 4.78 is 29.7. The number of allylic oxidation sites excluding steroid dienone is 2. The molecule has 0 amide bonds. The molecule has 29 heavy (non-hydrogen) atoms. The van der Waals surface area contributed by atoms with Gasteiger partial charge in [0.25, 0.3) is 0 Å². The van der Waals surface area contributed by atoms with E-state index in [0.29, 0.717) is 24.3 Å². The molecule has 0 N–H and O–H groups in total. The topological polar surface area (TPSA) is 0 Å². The van der Waals surface area contributed by atoms with Crippen molar-refractivity contribution >= 4 is 0 Å². The van der Waals surface area contributed by atoms with Gasteiger partial charge in [0.1, 0.15) is 11.6 Å². The maximum atomic E-state index is 15.0. The van der Waals surface area contributed by atoms with Crippen LogP contribution in [0.2, 0.25) is 0 Å². The third kappa shape index (κ3) is 4.47. The van der Waals surface area contributed by atoms with Crippen molar-refractivity contribution in [1.82, 2.24) is 0 Å². The van der Waals surface area contributed by atoms with Crippen LogP contribution in [-0.2, 0) is 19.3 Å². The Morgan fingerprint density at radius 2 is 1.69 bits per heavy atom. The summed E-state index contributed by atoms with van der Waals surface area (Å²) >= 11 is 0. The normalized spacial score (nSPS) is 32.2. The molecule has 0 aliphatic heterocycles. The van der Waals surface area contributed by atoms with Crippen molar-refractivity contribution in [3.8, 4) is 0 Å². The van der Waals surface area contributed by atoms with Crippen LogP contribution in [0.25, 0.3) is 0 Å². The lowest BCUT2D eigenvalue weighted by Crippen LogP contribution is -2.35. The van der Waals surface area contributed by atoms with E-state index in [1.165, 1.54) is 44.9 Å². The Bertz CT molecular complexity index is 735. The summed E-state index contributed by atoms with van der Waals surface area (Å²) in [5.41, 5.74) is 2.08. The van der Waals surface area contributed by atoms with Gasteiger partial charge in [-0.05, 0) is 118 Å². The molecule has 3 aliphatic rings. The molecule has 0 bridgehead atoms. The highest BCUT2D eigenvalue weighted by molar-refractivity contribution is 5.37. The van der Waals surface area contributed by atoms with Crippen molar-refractivity contribution in [2.45, 2.75) is 90.9 Å². The van der Waals surface area contributed by atoms with Crippen molar-refractivity contribution in [2.24, 2.45) is 29.6 Å². The van der Waals surface area contributed by atoms with E-state index in [1.807, 2.05) is 19.1 Å². The minimum atomic E-state index is -0.326. The molecule has 2 heteroatoms. The van der Waals surface area contributed by atoms with Crippen molar-refractivity contribution in [2.75, 3.05) is 0 Å². The van der Waals surface area contributed by atoms with Crippen molar-refractivity contribution in [1.29, 1.82) is 0 Å². The number of hydrogen-bond donors (Lipinski definition) is 0.